The van der Waals surface area contributed by atoms with Crippen molar-refractivity contribution in [3.05, 3.63) is 45.0 Å². The molecule has 0 amide bonds. The van der Waals surface area contributed by atoms with Crippen LogP contribution in [0.2, 0.25) is 5.02 Å². The highest BCUT2D eigenvalue weighted by atomic mass is 35.5. The largest absolute Gasteiger partial charge is 0.288 e. The number of nitro benzene ring substituents is 1. The van der Waals surface area contributed by atoms with Gasteiger partial charge in [0.25, 0.3) is 11.5 Å². The predicted octanol–water partition coefficient (Wildman–Crippen LogP) is 2.01. The van der Waals surface area contributed by atoms with Crippen LogP contribution >= 0.6 is 11.6 Å². The lowest BCUT2D eigenvalue weighted by atomic mass is 10.2. The lowest BCUT2D eigenvalue weighted by molar-refractivity contribution is -0.384. The minimum atomic E-state index is -0.554. The number of rotatable bonds is 2. The fraction of sp³-hybridized carbons (Fsp3) is 0.100. The molecule has 0 N–H and O–H groups in total. The molecule has 0 aliphatic carbocycles. The summed E-state index contributed by atoms with van der Waals surface area (Å²) < 4.78 is 1.35. The molecule has 0 radical (unpaired) electrons. The van der Waals surface area contributed by atoms with Crippen LogP contribution in [0.5, 0.6) is 0 Å². The van der Waals surface area contributed by atoms with Gasteiger partial charge in [-0.1, -0.05) is 11.6 Å². The summed E-state index contributed by atoms with van der Waals surface area (Å²) in [6.07, 6.45) is 1.35. The zero-order valence-corrected chi connectivity index (χ0v) is 9.92. The van der Waals surface area contributed by atoms with Crippen molar-refractivity contribution in [1.82, 2.24) is 14.8 Å². The van der Waals surface area contributed by atoms with E-state index in [1.54, 1.807) is 13.0 Å². The third kappa shape index (κ3) is 2.01. The van der Waals surface area contributed by atoms with E-state index in [0.29, 0.717) is 11.3 Å². The molecule has 0 saturated heterocycles. The van der Waals surface area contributed by atoms with E-state index in [0.717, 1.165) is 0 Å². The van der Waals surface area contributed by atoms with Gasteiger partial charge < -0.3 is 0 Å². The normalized spacial score (nSPS) is 10.1. The van der Waals surface area contributed by atoms with Gasteiger partial charge in [0, 0.05) is 6.07 Å². The molecular formula is C10H6ClN5O2. The number of nitriles is 1. The van der Waals surface area contributed by atoms with Crippen molar-refractivity contribution >= 4 is 17.3 Å². The van der Waals surface area contributed by atoms with Gasteiger partial charge in [0.1, 0.15) is 17.4 Å². The first-order valence-electron chi connectivity index (χ1n) is 4.79. The Morgan fingerprint density at radius 2 is 2.28 bits per heavy atom. The van der Waals surface area contributed by atoms with E-state index < -0.39 is 4.92 Å². The van der Waals surface area contributed by atoms with E-state index in [2.05, 4.69) is 10.1 Å². The highest BCUT2D eigenvalue weighted by Crippen LogP contribution is 2.29. The second-order valence-electron chi connectivity index (χ2n) is 3.47. The highest BCUT2D eigenvalue weighted by molar-refractivity contribution is 6.32. The van der Waals surface area contributed by atoms with Gasteiger partial charge in [-0.25, -0.2) is 9.67 Å². The van der Waals surface area contributed by atoms with Crippen molar-refractivity contribution in [2.45, 2.75) is 6.92 Å². The van der Waals surface area contributed by atoms with Gasteiger partial charge >= 0.3 is 0 Å². The third-order valence-electron chi connectivity index (χ3n) is 2.30. The van der Waals surface area contributed by atoms with Gasteiger partial charge in [0.15, 0.2) is 0 Å². The number of nitrogens with zero attached hydrogens (tertiary/aromatic N) is 5. The van der Waals surface area contributed by atoms with Gasteiger partial charge in [-0.2, -0.15) is 5.26 Å². The van der Waals surface area contributed by atoms with E-state index in [9.17, 15) is 10.1 Å². The lowest BCUT2D eigenvalue weighted by Crippen LogP contribution is -2.00. The Hall–Kier alpha value is -2.46. The Labute approximate surface area is 106 Å². The quantitative estimate of drug-likeness (QED) is 0.610. The number of hydrogen-bond acceptors (Lipinski definition) is 5. The van der Waals surface area contributed by atoms with Gasteiger partial charge in [0.2, 0.25) is 0 Å². The molecule has 8 heteroatoms. The molecule has 0 aliphatic rings. The lowest BCUT2D eigenvalue weighted by Gasteiger charge is -2.05. The maximum Gasteiger partial charge on any atom is 0.288 e. The summed E-state index contributed by atoms with van der Waals surface area (Å²) in [4.78, 5) is 13.9. The fourth-order valence-corrected chi connectivity index (χ4v) is 1.70. The first-order valence-corrected chi connectivity index (χ1v) is 5.17. The molecule has 7 nitrogen and oxygen atoms in total. The maximum absolute atomic E-state index is 10.7. The van der Waals surface area contributed by atoms with Crippen molar-refractivity contribution in [2.75, 3.05) is 0 Å². The molecule has 1 heterocycles. The summed E-state index contributed by atoms with van der Waals surface area (Å²) in [6.45, 7) is 1.69. The first kappa shape index (κ1) is 12.0. The number of nitro groups is 1. The summed E-state index contributed by atoms with van der Waals surface area (Å²) in [5.74, 6) is 0.0175. The second-order valence-corrected chi connectivity index (χ2v) is 3.88. The average molecular weight is 264 g/mol. The molecule has 0 saturated carbocycles. The van der Waals surface area contributed by atoms with E-state index in [1.807, 2.05) is 0 Å². The molecule has 0 bridgehead atoms. The summed E-state index contributed by atoms with van der Waals surface area (Å²) in [5.41, 5.74) is 0.985. The van der Waals surface area contributed by atoms with Crippen LogP contribution in [-0.4, -0.2) is 19.7 Å². The van der Waals surface area contributed by atoms with Crippen LogP contribution in [0.1, 0.15) is 11.4 Å². The zero-order chi connectivity index (χ0) is 13.3. The van der Waals surface area contributed by atoms with Crippen molar-refractivity contribution in [2.24, 2.45) is 0 Å². The van der Waals surface area contributed by atoms with Crippen molar-refractivity contribution < 1.29 is 4.92 Å². The Balaban J connectivity index is 2.56. The standard InChI is InChI=1S/C10H6ClN5O2/c1-6-2-9(16(17)18)7(11)3-8(6)15-5-13-10(4-12)14-15/h2-3,5H,1H3. The Kier molecular flexibility index (Phi) is 2.95. The van der Waals surface area contributed by atoms with E-state index in [4.69, 9.17) is 16.9 Å². The molecule has 0 spiro atoms. The minimum absolute atomic E-state index is 0.00890. The van der Waals surface area contributed by atoms with Crippen molar-refractivity contribution in [1.29, 1.82) is 5.26 Å². The van der Waals surface area contributed by atoms with Gasteiger partial charge in [-0.15, -0.1) is 5.10 Å². The van der Waals surface area contributed by atoms with Gasteiger partial charge in [0.05, 0.1) is 10.6 Å². The average Bonchev–Trinajstić information content (AvgIpc) is 2.79. The van der Waals surface area contributed by atoms with Crippen molar-refractivity contribution in [3.8, 4) is 11.8 Å². The van der Waals surface area contributed by atoms with Crippen LogP contribution < -0.4 is 0 Å². The Morgan fingerprint density at radius 3 is 2.83 bits per heavy atom. The molecule has 18 heavy (non-hydrogen) atoms. The molecule has 0 fully saturated rings. The van der Waals surface area contributed by atoms with Crippen molar-refractivity contribution in [3.63, 3.8) is 0 Å². The summed E-state index contributed by atoms with van der Waals surface area (Å²) >= 11 is 5.82. The molecule has 1 aromatic heterocycles. The molecule has 0 atom stereocenters. The molecule has 2 aromatic rings. The van der Waals surface area contributed by atoms with Gasteiger partial charge in [-0.05, 0) is 18.6 Å². The number of aryl methyl sites for hydroxylation is 1. The van der Waals surface area contributed by atoms with Crippen LogP contribution in [-0.2, 0) is 0 Å². The fourth-order valence-electron chi connectivity index (χ4n) is 1.47. The van der Waals surface area contributed by atoms with E-state index >= 15 is 0 Å². The SMILES string of the molecule is Cc1cc([N+](=O)[O-])c(Cl)cc1-n1cnc(C#N)n1. The molecule has 2 rings (SSSR count). The predicted molar refractivity (Wildman–Crippen MR) is 62.5 cm³/mol. The van der Waals surface area contributed by atoms with Crippen LogP contribution in [0.4, 0.5) is 5.69 Å². The monoisotopic (exact) mass is 263 g/mol. The number of benzene rings is 1. The zero-order valence-electron chi connectivity index (χ0n) is 9.16. The Bertz CT molecular complexity index is 673. The van der Waals surface area contributed by atoms with E-state index in [-0.39, 0.29) is 16.5 Å². The maximum atomic E-state index is 10.7. The van der Waals surface area contributed by atoms with Crippen LogP contribution in [0.15, 0.2) is 18.5 Å². The minimum Gasteiger partial charge on any atom is -0.258 e. The highest BCUT2D eigenvalue weighted by Gasteiger charge is 2.16. The molecule has 90 valence electrons. The van der Waals surface area contributed by atoms with Crippen LogP contribution in [0.3, 0.4) is 0 Å². The second kappa shape index (κ2) is 4.43. The first-order chi connectivity index (χ1) is 8.52. The van der Waals surface area contributed by atoms with Gasteiger partial charge in [-0.3, -0.25) is 10.1 Å². The summed E-state index contributed by atoms with van der Waals surface area (Å²) in [5, 5.41) is 23.3. The van der Waals surface area contributed by atoms with Crippen LogP contribution in [0.25, 0.3) is 5.69 Å². The molecule has 0 unspecified atom stereocenters. The molecule has 1 aromatic carbocycles. The smallest absolute Gasteiger partial charge is 0.258 e. The topological polar surface area (TPSA) is 97.6 Å². The van der Waals surface area contributed by atoms with E-state index in [1.165, 1.54) is 23.1 Å². The number of hydrogen-bond donors (Lipinski definition) is 0. The molecular weight excluding hydrogens is 258 g/mol. The third-order valence-corrected chi connectivity index (χ3v) is 2.60. The Morgan fingerprint density at radius 1 is 1.56 bits per heavy atom. The molecule has 0 aliphatic heterocycles. The summed E-state index contributed by atoms with van der Waals surface area (Å²) in [6, 6.07) is 4.57. The summed E-state index contributed by atoms with van der Waals surface area (Å²) in [7, 11) is 0. The van der Waals surface area contributed by atoms with Crippen LogP contribution in [0, 0.1) is 28.4 Å². The number of halogens is 1. The number of aromatic nitrogens is 3.